The highest BCUT2D eigenvalue weighted by Gasteiger charge is 2.18. The Balaban J connectivity index is 1.94. The van der Waals surface area contributed by atoms with Gasteiger partial charge in [0.1, 0.15) is 12.3 Å². The van der Waals surface area contributed by atoms with Crippen molar-refractivity contribution < 1.29 is 9.21 Å². The van der Waals surface area contributed by atoms with Crippen LogP contribution in [-0.2, 0) is 11.3 Å². The van der Waals surface area contributed by atoms with E-state index in [1.165, 1.54) is 11.8 Å². The molecule has 24 heavy (non-hydrogen) atoms. The third-order valence-corrected chi connectivity index (χ3v) is 4.18. The maximum atomic E-state index is 12.5. The molecule has 0 fully saturated rings. The molecule has 2 heterocycles. The fraction of sp³-hybridized carbons (Fsp3) is 0.625. The SMILES string of the molecule is CC(C)CN(CC(C)C)C(=O)CSc1nnnn1Cc1ccco1. The Bertz CT molecular complexity index is 614. The van der Waals surface area contributed by atoms with Gasteiger partial charge in [-0.2, -0.15) is 0 Å². The quantitative estimate of drug-likeness (QED) is 0.646. The number of furan rings is 1. The number of hydrogen-bond donors (Lipinski definition) is 0. The second-order valence-electron chi connectivity index (χ2n) is 6.57. The van der Waals surface area contributed by atoms with E-state index >= 15 is 0 Å². The van der Waals surface area contributed by atoms with Gasteiger partial charge in [-0.3, -0.25) is 4.79 Å². The first-order valence-corrected chi connectivity index (χ1v) is 9.13. The molecule has 0 aliphatic rings. The molecule has 0 bridgehead atoms. The smallest absolute Gasteiger partial charge is 0.233 e. The monoisotopic (exact) mass is 351 g/mol. The van der Waals surface area contributed by atoms with Gasteiger partial charge in [0, 0.05) is 13.1 Å². The standard InChI is InChI=1S/C16H25N5O2S/c1-12(2)8-20(9-13(3)4)15(22)11-24-16-17-18-19-21(16)10-14-6-5-7-23-14/h5-7,12-13H,8-11H2,1-4H3. The Morgan fingerprint density at radius 2 is 2.00 bits per heavy atom. The molecular formula is C16H25N5O2S. The lowest BCUT2D eigenvalue weighted by Gasteiger charge is -2.26. The average molecular weight is 351 g/mol. The van der Waals surface area contributed by atoms with Crippen molar-refractivity contribution in [3.8, 4) is 0 Å². The van der Waals surface area contributed by atoms with E-state index in [1.807, 2.05) is 17.0 Å². The Morgan fingerprint density at radius 1 is 1.29 bits per heavy atom. The van der Waals surface area contributed by atoms with Gasteiger partial charge in [-0.15, -0.1) is 5.10 Å². The van der Waals surface area contributed by atoms with Gasteiger partial charge in [0.25, 0.3) is 0 Å². The molecule has 8 heteroatoms. The molecule has 0 atom stereocenters. The molecule has 0 saturated heterocycles. The molecule has 2 rings (SSSR count). The predicted molar refractivity (Wildman–Crippen MR) is 92.6 cm³/mol. The van der Waals surface area contributed by atoms with E-state index in [0.717, 1.165) is 18.8 Å². The Morgan fingerprint density at radius 3 is 2.58 bits per heavy atom. The average Bonchev–Trinajstić information content (AvgIpc) is 3.15. The van der Waals surface area contributed by atoms with E-state index in [4.69, 9.17) is 4.42 Å². The highest BCUT2D eigenvalue weighted by Crippen LogP contribution is 2.17. The van der Waals surface area contributed by atoms with E-state index in [9.17, 15) is 4.79 Å². The number of nitrogens with zero attached hydrogens (tertiary/aromatic N) is 5. The van der Waals surface area contributed by atoms with Crippen LogP contribution in [0.5, 0.6) is 0 Å². The van der Waals surface area contributed by atoms with Crippen LogP contribution < -0.4 is 0 Å². The first-order chi connectivity index (χ1) is 11.5. The van der Waals surface area contributed by atoms with Crippen molar-refractivity contribution in [3.63, 3.8) is 0 Å². The van der Waals surface area contributed by atoms with Crippen LogP contribution in [0.1, 0.15) is 33.5 Å². The largest absolute Gasteiger partial charge is 0.467 e. The van der Waals surface area contributed by atoms with Crippen LogP contribution in [0.3, 0.4) is 0 Å². The Kier molecular flexibility index (Phi) is 6.84. The summed E-state index contributed by atoms with van der Waals surface area (Å²) in [5.41, 5.74) is 0. The van der Waals surface area contributed by atoms with Gasteiger partial charge in [-0.05, 0) is 34.4 Å². The highest BCUT2D eigenvalue weighted by molar-refractivity contribution is 7.99. The summed E-state index contributed by atoms with van der Waals surface area (Å²) in [6.07, 6.45) is 1.62. The lowest BCUT2D eigenvalue weighted by molar-refractivity contribution is -0.129. The molecule has 0 aliphatic heterocycles. The summed E-state index contributed by atoms with van der Waals surface area (Å²) in [6, 6.07) is 3.69. The molecule has 2 aromatic heterocycles. The summed E-state index contributed by atoms with van der Waals surface area (Å²) < 4.78 is 6.96. The fourth-order valence-corrected chi connectivity index (χ4v) is 3.11. The minimum Gasteiger partial charge on any atom is -0.467 e. The van der Waals surface area contributed by atoms with Crippen LogP contribution in [0.4, 0.5) is 0 Å². The number of carbonyl (C=O) groups excluding carboxylic acids is 1. The summed E-state index contributed by atoms with van der Waals surface area (Å²) in [6.45, 7) is 10.5. The van der Waals surface area contributed by atoms with Gasteiger partial charge in [0.15, 0.2) is 0 Å². The molecule has 7 nitrogen and oxygen atoms in total. The molecule has 0 radical (unpaired) electrons. The molecule has 0 saturated carbocycles. The number of carbonyl (C=O) groups is 1. The molecular weight excluding hydrogens is 326 g/mol. The molecule has 0 aliphatic carbocycles. The van der Waals surface area contributed by atoms with Crippen LogP contribution in [0.15, 0.2) is 28.0 Å². The highest BCUT2D eigenvalue weighted by atomic mass is 32.2. The molecule has 0 unspecified atom stereocenters. The van der Waals surface area contributed by atoms with Gasteiger partial charge in [0.05, 0.1) is 12.0 Å². The normalized spacial score (nSPS) is 11.4. The minimum atomic E-state index is 0.120. The maximum Gasteiger partial charge on any atom is 0.233 e. The van der Waals surface area contributed by atoms with Crippen LogP contribution in [-0.4, -0.2) is 49.9 Å². The van der Waals surface area contributed by atoms with E-state index in [-0.39, 0.29) is 5.91 Å². The summed E-state index contributed by atoms with van der Waals surface area (Å²) in [7, 11) is 0. The molecule has 1 amide bonds. The van der Waals surface area contributed by atoms with Crippen molar-refractivity contribution >= 4 is 17.7 Å². The fourth-order valence-electron chi connectivity index (χ4n) is 2.33. The van der Waals surface area contributed by atoms with Gasteiger partial charge in [-0.25, -0.2) is 4.68 Å². The van der Waals surface area contributed by atoms with Crippen molar-refractivity contribution in [3.05, 3.63) is 24.2 Å². The van der Waals surface area contributed by atoms with Crippen LogP contribution in [0.2, 0.25) is 0 Å². The molecule has 0 N–H and O–H groups in total. The molecule has 0 aromatic carbocycles. The second-order valence-corrected chi connectivity index (χ2v) is 7.52. The zero-order chi connectivity index (χ0) is 17.5. The van der Waals surface area contributed by atoms with E-state index in [1.54, 1.807) is 10.9 Å². The number of rotatable bonds is 9. The van der Waals surface area contributed by atoms with Crippen molar-refractivity contribution in [2.45, 2.75) is 39.4 Å². The predicted octanol–water partition coefficient (Wildman–Crippen LogP) is 2.55. The zero-order valence-corrected chi connectivity index (χ0v) is 15.5. The van der Waals surface area contributed by atoms with Gasteiger partial charge in [0.2, 0.25) is 11.1 Å². The number of amides is 1. The summed E-state index contributed by atoms with van der Waals surface area (Å²) in [5, 5.41) is 12.3. The lowest BCUT2D eigenvalue weighted by Crippen LogP contribution is -2.38. The second kappa shape index (κ2) is 8.86. The van der Waals surface area contributed by atoms with Crippen molar-refractivity contribution in [1.29, 1.82) is 0 Å². The van der Waals surface area contributed by atoms with E-state index in [2.05, 4.69) is 43.2 Å². The number of thioether (sulfide) groups is 1. The van der Waals surface area contributed by atoms with Gasteiger partial charge >= 0.3 is 0 Å². The lowest BCUT2D eigenvalue weighted by atomic mass is 10.1. The molecule has 0 spiro atoms. The van der Waals surface area contributed by atoms with Gasteiger partial charge < -0.3 is 9.32 Å². The molecule has 132 valence electrons. The number of hydrogen-bond acceptors (Lipinski definition) is 6. The third-order valence-electron chi connectivity index (χ3n) is 3.23. The van der Waals surface area contributed by atoms with Crippen LogP contribution in [0.25, 0.3) is 0 Å². The first kappa shape index (κ1) is 18.5. The summed E-state index contributed by atoms with van der Waals surface area (Å²) >= 11 is 1.36. The third kappa shape index (κ3) is 5.67. The topological polar surface area (TPSA) is 77.1 Å². The van der Waals surface area contributed by atoms with Crippen LogP contribution >= 0.6 is 11.8 Å². The van der Waals surface area contributed by atoms with Crippen molar-refractivity contribution in [2.24, 2.45) is 11.8 Å². The maximum absolute atomic E-state index is 12.5. The van der Waals surface area contributed by atoms with Crippen molar-refractivity contribution in [2.75, 3.05) is 18.8 Å². The zero-order valence-electron chi connectivity index (χ0n) is 14.7. The number of aromatic nitrogens is 4. The van der Waals surface area contributed by atoms with E-state index in [0.29, 0.717) is 29.3 Å². The summed E-state index contributed by atoms with van der Waals surface area (Å²) in [5.74, 6) is 2.12. The Hall–Kier alpha value is -1.83. The van der Waals surface area contributed by atoms with Gasteiger partial charge in [-0.1, -0.05) is 39.5 Å². The van der Waals surface area contributed by atoms with Crippen LogP contribution in [0, 0.1) is 11.8 Å². The van der Waals surface area contributed by atoms with E-state index < -0.39 is 0 Å². The Labute approximate surface area is 146 Å². The molecule has 2 aromatic rings. The summed E-state index contributed by atoms with van der Waals surface area (Å²) in [4.78, 5) is 14.5. The van der Waals surface area contributed by atoms with Crippen molar-refractivity contribution in [1.82, 2.24) is 25.1 Å². The minimum absolute atomic E-state index is 0.120. The number of tetrazole rings is 1. The first-order valence-electron chi connectivity index (χ1n) is 8.14.